The number of imidazole rings is 1. The molecule has 2 N–H and O–H groups in total. The molecule has 1 aromatic heterocycles. The molecule has 0 aliphatic heterocycles. The van der Waals surface area contributed by atoms with Gasteiger partial charge >= 0.3 is 0 Å². The van der Waals surface area contributed by atoms with Gasteiger partial charge in [0, 0.05) is 6.54 Å². The second kappa shape index (κ2) is 4.34. The lowest BCUT2D eigenvalue weighted by atomic mass is 10.2. The molecule has 1 aliphatic carbocycles. The number of fused-ring (bicyclic) bond motifs is 1. The maximum Gasteiger partial charge on any atom is 0.201 e. The van der Waals surface area contributed by atoms with E-state index >= 15 is 0 Å². The summed E-state index contributed by atoms with van der Waals surface area (Å²) >= 11 is 0. The Morgan fingerprint density at radius 3 is 3.00 bits per heavy atom. The molecule has 4 heteroatoms. The van der Waals surface area contributed by atoms with Crippen molar-refractivity contribution in [2.75, 3.05) is 5.73 Å². The van der Waals surface area contributed by atoms with E-state index in [1.165, 1.54) is 19.3 Å². The number of nitrogen functional groups attached to an aromatic ring is 1. The van der Waals surface area contributed by atoms with Crippen molar-refractivity contribution in [1.82, 2.24) is 9.55 Å². The maximum atomic E-state index is 8.94. The highest BCUT2D eigenvalue weighted by Crippen LogP contribution is 2.33. The lowest BCUT2D eigenvalue weighted by Gasteiger charge is -2.05. The van der Waals surface area contributed by atoms with E-state index in [-0.39, 0.29) is 0 Å². The van der Waals surface area contributed by atoms with E-state index < -0.39 is 0 Å². The van der Waals surface area contributed by atoms with Crippen molar-refractivity contribution in [3.63, 3.8) is 0 Å². The highest BCUT2D eigenvalue weighted by molar-refractivity contribution is 5.79. The Morgan fingerprint density at radius 1 is 1.44 bits per heavy atom. The van der Waals surface area contributed by atoms with Crippen molar-refractivity contribution in [2.24, 2.45) is 5.92 Å². The van der Waals surface area contributed by atoms with Crippen molar-refractivity contribution in [2.45, 2.75) is 32.2 Å². The molecule has 2 aromatic rings. The molecule has 1 heterocycles. The van der Waals surface area contributed by atoms with Gasteiger partial charge in [0.1, 0.15) is 0 Å². The average Bonchev–Trinajstić information content (AvgIpc) is 3.14. The molecular formula is C14H16N4. The van der Waals surface area contributed by atoms with Crippen LogP contribution in [0.3, 0.4) is 0 Å². The fourth-order valence-electron chi connectivity index (χ4n) is 2.39. The van der Waals surface area contributed by atoms with E-state index in [0.29, 0.717) is 11.5 Å². The molecule has 1 saturated carbocycles. The number of nitriles is 1. The molecule has 1 aliphatic rings. The number of nitrogens with zero attached hydrogens (tertiary/aromatic N) is 3. The summed E-state index contributed by atoms with van der Waals surface area (Å²) in [5.74, 6) is 1.49. The van der Waals surface area contributed by atoms with Gasteiger partial charge in [-0.25, -0.2) is 4.98 Å². The monoisotopic (exact) mass is 240 g/mol. The van der Waals surface area contributed by atoms with E-state index in [4.69, 9.17) is 11.0 Å². The fourth-order valence-corrected chi connectivity index (χ4v) is 2.39. The zero-order valence-electron chi connectivity index (χ0n) is 10.3. The van der Waals surface area contributed by atoms with Gasteiger partial charge in [-0.15, -0.1) is 0 Å². The summed E-state index contributed by atoms with van der Waals surface area (Å²) in [6.07, 6.45) is 5.19. The average molecular weight is 240 g/mol. The van der Waals surface area contributed by atoms with Crippen LogP contribution in [0.1, 0.15) is 31.2 Å². The third-order valence-electron chi connectivity index (χ3n) is 3.60. The zero-order chi connectivity index (χ0) is 12.5. The normalized spacial score (nSPS) is 14.8. The van der Waals surface area contributed by atoms with Gasteiger partial charge in [-0.1, -0.05) is 12.8 Å². The molecule has 3 rings (SSSR count). The topological polar surface area (TPSA) is 67.6 Å². The van der Waals surface area contributed by atoms with E-state index in [0.717, 1.165) is 29.9 Å². The predicted octanol–water partition coefficient (Wildman–Crippen LogP) is 2.68. The number of hydrogen-bond acceptors (Lipinski definition) is 3. The minimum absolute atomic E-state index is 0.552. The molecule has 1 aromatic carbocycles. The lowest BCUT2D eigenvalue weighted by molar-refractivity contribution is 0.590. The largest absolute Gasteiger partial charge is 0.369 e. The Balaban J connectivity index is 1.88. The summed E-state index contributed by atoms with van der Waals surface area (Å²) in [5.41, 5.74) is 8.45. The van der Waals surface area contributed by atoms with Gasteiger partial charge in [0.2, 0.25) is 5.95 Å². The highest BCUT2D eigenvalue weighted by Gasteiger charge is 2.20. The number of anilines is 1. The summed E-state index contributed by atoms with van der Waals surface area (Å²) < 4.78 is 2.03. The number of aromatic nitrogens is 2. The standard InChI is InChI=1S/C14H16N4/c15-9-11-5-6-12-13(8-11)18(14(16)17-12)7-1-2-10-3-4-10/h5-6,8,10H,1-4,7H2,(H2,16,17). The molecule has 0 radical (unpaired) electrons. The molecule has 92 valence electrons. The van der Waals surface area contributed by atoms with Crippen LogP contribution in [-0.2, 0) is 6.54 Å². The van der Waals surface area contributed by atoms with Crippen LogP contribution in [0.25, 0.3) is 11.0 Å². The van der Waals surface area contributed by atoms with Gasteiger partial charge in [-0.05, 0) is 37.0 Å². The number of nitrogens with two attached hydrogens (primary N) is 1. The van der Waals surface area contributed by atoms with Crippen LogP contribution in [0.15, 0.2) is 18.2 Å². The van der Waals surface area contributed by atoms with Crippen molar-refractivity contribution < 1.29 is 0 Å². The third kappa shape index (κ3) is 2.04. The van der Waals surface area contributed by atoms with Gasteiger partial charge in [0.25, 0.3) is 0 Å². The maximum absolute atomic E-state index is 8.94. The van der Waals surface area contributed by atoms with E-state index in [1.807, 2.05) is 16.7 Å². The SMILES string of the molecule is N#Cc1ccc2nc(N)n(CCCC3CC3)c2c1. The molecular weight excluding hydrogens is 224 g/mol. The second-order valence-corrected chi connectivity index (χ2v) is 5.02. The van der Waals surface area contributed by atoms with Crippen LogP contribution < -0.4 is 5.73 Å². The first kappa shape index (κ1) is 11.1. The Hall–Kier alpha value is -2.02. The van der Waals surface area contributed by atoms with Gasteiger partial charge in [0.05, 0.1) is 22.7 Å². The van der Waals surface area contributed by atoms with Crippen LogP contribution >= 0.6 is 0 Å². The number of aryl methyl sites for hydroxylation is 1. The van der Waals surface area contributed by atoms with Crippen LogP contribution in [0.2, 0.25) is 0 Å². The fraction of sp³-hybridized carbons (Fsp3) is 0.429. The Bertz CT molecular complexity index is 616. The van der Waals surface area contributed by atoms with Crippen LogP contribution in [-0.4, -0.2) is 9.55 Å². The Labute approximate surface area is 106 Å². The predicted molar refractivity (Wildman–Crippen MR) is 70.8 cm³/mol. The van der Waals surface area contributed by atoms with Gasteiger partial charge in [0.15, 0.2) is 0 Å². The van der Waals surface area contributed by atoms with Crippen molar-refractivity contribution >= 4 is 17.0 Å². The molecule has 1 fully saturated rings. The summed E-state index contributed by atoms with van der Waals surface area (Å²) in [5, 5.41) is 8.94. The number of benzene rings is 1. The molecule has 0 bridgehead atoms. The molecule has 4 nitrogen and oxygen atoms in total. The Kier molecular flexibility index (Phi) is 2.67. The smallest absolute Gasteiger partial charge is 0.201 e. The minimum Gasteiger partial charge on any atom is -0.369 e. The van der Waals surface area contributed by atoms with Crippen LogP contribution in [0.5, 0.6) is 0 Å². The molecule has 0 spiro atoms. The molecule has 18 heavy (non-hydrogen) atoms. The lowest BCUT2D eigenvalue weighted by Crippen LogP contribution is -2.03. The van der Waals surface area contributed by atoms with Crippen LogP contribution in [0, 0.1) is 17.2 Å². The van der Waals surface area contributed by atoms with Crippen LogP contribution in [0.4, 0.5) is 5.95 Å². The first-order valence-electron chi connectivity index (χ1n) is 6.44. The van der Waals surface area contributed by atoms with Gasteiger partial charge in [-0.3, -0.25) is 0 Å². The first-order chi connectivity index (χ1) is 8.78. The summed E-state index contributed by atoms with van der Waals surface area (Å²) in [6.45, 7) is 0.897. The van der Waals surface area contributed by atoms with Gasteiger partial charge < -0.3 is 10.3 Å². The first-order valence-corrected chi connectivity index (χ1v) is 6.44. The zero-order valence-corrected chi connectivity index (χ0v) is 10.3. The summed E-state index contributed by atoms with van der Waals surface area (Å²) in [4.78, 5) is 4.33. The van der Waals surface area contributed by atoms with Crippen molar-refractivity contribution in [3.8, 4) is 6.07 Å². The van der Waals surface area contributed by atoms with Crippen molar-refractivity contribution in [3.05, 3.63) is 23.8 Å². The number of hydrogen-bond donors (Lipinski definition) is 1. The summed E-state index contributed by atoms with van der Waals surface area (Å²) in [6, 6.07) is 7.67. The van der Waals surface area contributed by atoms with Crippen molar-refractivity contribution in [1.29, 1.82) is 5.26 Å². The Morgan fingerprint density at radius 2 is 2.28 bits per heavy atom. The molecule has 0 saturated heterocycles. The second-order valence-electron chi connectivity index (χ2n) is 5.02. The van der Waals surface area contributed by atoms with E-state index in [1.54, 1.807) is 6.07 Å². The van der Waals surface area contributed by atoms with Gasteiger partial charge in [-0.2, -0.15) is 5.26 Å². The molecule has 0 atom stereocenters. The quantitative estimate of drug-likeness (QED) is 0.893. The molecule has 0 amide bonds. The highest BCUT2D eigenvalue weighted by atomic mass is 15.1. The summed E-state index contributed by atoms with van der Waals surface area (Å²) in [7, 11) is 0. The number of rotatable bonds is 4. The third-order valence-corrected chi connectivity index (χ3v) is 3.60. The van der Waals surface area contributed by atoms with E-state index in [2.05, 4.69) is 11.1 Å². The minimum atomic E-state index is 0.552. The van der Waals surface area contributed by atoms with E-state index in [9.17, 15) is 0 Å². The molecule has 0 unspecified atom stereocenters.